The van der Waals surface area contributed by atoms with Gasteiger partial charge in [0.1, 0.15) is 5.82 Å². The predicted octanol–water partition coefficient (Wildman–Crippen LogP) is 3.23. The van der Waals surface area contributed by atoms with E-state index in [1.54, 1.807) is 22.8 Å². The zero-order chi connectivity index (χ0) is 18.4. The fourth-order valence-corrected chi connectivity index (χ4v) is 5.16. The second kappa shape index (κ2) is 6.60. The summed E-state index contributed by atoms with van der Waals surface area (Å²) in [6.07, 6.45) is 8.93. The van der Waals surface area contributed by atoms with Gasteiger partial charge in [0.05, 0.1) is 0 Å². The number of aromatic nitrogens is 4. The molecule has 2 unspecified atom stereocenters. The van der Waals surface area contributed by atoms with Gasteiger partial charge in [0, 0.05) is 29.7 Å². The molecule has 4 heterocycles. The molecule has 0 bridgehead atoms. The van der Waals surface area contributed by atoms with Gasteiger partial charge in [-0.3, -0.25) is 4.79 Å². The molecule has 2 fully saturated rings. The number of thiazole rings is 1. The van der Waals surface area contributed by atoms with Crippen LogP contribution < -0.4 is 5.73 Å². The maximum absolute atomic E-state index is 13.3. The molecular weight excluding hydrogens is 360 g/mol. The Kier molecular flexibility index (Phi) is 4.07. The first kappa shape index (κ1) is 16.7. The van der Waals surface area contributed by atoms with Crippen molar-refractivity contribution < 1.29 is 4.79 Å². The Morgan fingerprint density at radius 2 is 2.04 bits per heavy atom. The Bertz CT molecular complexity index is 980. The number of pyridine rings is 1. The highest BCUT2D eigenvalue weighted by Crippen LogP contribution is 2.36. The lowest BCUT2D eigenvalue weighted by molar-refractivity contribution is 0.0391. The summed E-state index contributed by atoms with van der Waals surface area (Å²) in [5, 5.41) is 7.06. The second-order valence-corrected chi connectivity index (χ2v) is 8.36. The number of amides is 1. The van der Waals surface area contributed by atoms with Gasteiger partial charge in [0.2, 0.25) is 5.82 Å². The molecule has 3 aromatic heterocycles. The molecule has 0 radical (unpaired) electrons. The van der Waals surface area contributed by atoms with E-state index in [9.17, 15) is 4.79 Å². The van der Waals surface area contributed by atoms with E-state index in [0.717, 1.165) is 24.4 Å². The predicted molar refractivity (Wildman–Crippen MR) is 105 cm³/mol. The van der Waals surface area contributed by atoms with Crippen molar-refractivity contribution in [3.8, 4) is 10.8 Å². The van der Waals surface area contributed by atoms with Crippen molar-refractivity contribution in [3.05, 3.63) is 29.3 Å². The van der Waals surface area contributed by atoms with Gasteiger partial charge in [-0.2, -0.15) is 4.52 Å². The molecule has 2 aliphatic rings. The molecule has 27 heavy (non-hydrogen) atoms. The van der Waals surface area contributed by atoms with Crippen molar-refractivity contribution in [1.29, 1.82) is 0 Å². The minimum absolute atomic E-state index is 0.0691. The molecule has 1 aliphatic heterocycles. The molecule has 1 amide bonds. The smallest absolute Gasteiger partial charge is 0.254 e. The molecule has 1 aliphatic carbocycles. The number of anilines is 1. The monoisotopic (exact) mass is 382 g/mol. The number of hydrogen-bond donors (Lipinski definition) is 1. The van der Waals surface area contributed by atoms with Crippen LogP contribution in [0.5, 0.6) is 0 Å². The van der Waals surface area contributed by atoms with Gasteiger partial charge in [-0.05, 0) is 43.7 Å². The van der Waals surface area contributed by atoms with Crippen molar-refractivity contribution >= 4 is 28.7 Å². The zero-order valence-corrected chi connectivity index (χ0v) is 15.9. The zero-order valence-electron chi connectivity index (χ0n) is 15.0. The van der Waals surface area contributed by atoms with E-state index >= 15 is 0 Å². The molecule has 2 N–H and O–H groups in total. The van der Waals surface area contributed by atoms with E-state index in [2.05, 4.69) is 20.0 Å². The van der Waals surface area contributed by atoms with E-state index in [1.165, 1.54) is 37.0 Å². The van der Waals surface area contributed by atoms with Crippen LogP contribution >= 0.6 is 11.3 Å². The Morgan fingerprint density at radius 3 is 2.89 bits per heavy atom. The van der Waals surface area contributed by atoms with E-state index in [0.29, 0.717) is 34.8 Å². The van der Waals surface area contributed by atoms with E-state index in [4.69, 9.17) is 5.73 Å². The van der Waals surface area contributed by atoms with Gasteiger partial charge in [-0.25, -0.2) is 9.97 Å². The summed E-state index contributed by atoms with van der Waals surface area (Å²) in [7, 11) is 0. The van der Waals surface area contributed by atoms with Gasteiger partial charge >= 0.3 is 0 Å². The van der Waals surface area contributed by atoms with Crippen LogP contribution in [0.3, 0.4) is 0 Å². The Morgan fingerprint density at radius 1 is 1.19 bits per heavy atom. The average molecular weight is 382 g/mol. The fraction of sp³-hybridized carbons (Fsp3) is 0.474. The normalized spacial score (nSPS) is 22.7. The molecule has 0 aromatic carbocycles. The molecular formula is C19H22N6OS. The Balaban J connectivity index is 1.49. The van der Waals surface area contributed by atoms with Crippen LogP contribution in [-0.4, -0.2) is 43.0 Å². The molecule has 7 nitrogen and oxygen atoms in total. The number of hydrogen-bond acceptors (Lipinski definition) is 6. The lowest BCUT2D eigenvalue weighted by Crippen LogP contribution is -2.49. The fourth-order valence-electron chi connectivity index (χ4n) is 4.60. The van der Waals surface area contributed by atoms with Crippen molar-refractivity contribution in [2.24, 2.45) is 5.92 Å². The van der Waals surface area contributed by atoms with Crippen LogP contribution in [0.4, 0.5) is 5.82 Å². The first-order chi connectivity index (χ1) is 13.2. The number of fused-ring (bicyclic) bond motifs is 2. The molecule has 5 rings (SSSR count). The van der Waals surface area contributed by atoms with Crippen molar-refractivity contribution in [2.45, 2.75) is 44.6 Å². The molecule has 140 valence electrons. The molecule has 1 saturated heterocycles. The highest BCUT2D eigenvalue weighted by molar-refractivity contribution is 7.13. The quantitative estimate of drug-likeness (QED) is 0.735. The summed E-state index contributed by atoms with van der Waals surface area (Å²) in [4.78, 5) is 24.2. The van der Waals surface area contributed by atoms with Gasteiger partial charge in [0.25, 0.3) is 5.91 Å². The molecule has 1 saturated carbocycles. The lowest BCUT2D eigenvalue weighted by atomic mass is 9.78. The summed E-state index contributed by atoms with van der Waals surface area (Å²) >= 11 is 1.48. The maximum Gasteiger partial charge on any atom is 0.254 e. The number of nitrogens with zero attached hydrogens (tertiary/aromatic N) is 5. The number of piperidine rings is 1. The van der Waals surface area contributed by atoms with E-state index < -0.39 is 0 Å². The standard InChI is InChI=1S/C19H22N6OS/c20-15-10-13(11-16-22-17(23-25(15)16)18-21-7-9-27-18)19(26)24-8-3-5-12-4-1-2-6-14(12)24/h7,9-12,14H,1-6,8,20H2. The highest BCUT2D eigenvalue weighted by atomic mass is 32.1. The van der Waals surface area contributed by atoms with Crippen molar-refractivity contribution in [2.75, 3.05) is 12.3 Å². The topological polar surface area (TPSA) is 89.4 Å². The van der Waals surface area contributed by atoms with Crippen LogP contribution in [0.2, 0.25) is 0 Å². The minimum atomic E-state index is 0.0691. The van der Waals surface area contributed by atoms with E-state index in [-0.39, 0.29) is 5.91 Å². The number of carbonyl (C=O) groups excluding carboxylic acids is 1. The third-order valence-corrected chi connectivity index (χ3v) is 6.61. The molecule has 0 spiro atoms. The lowest BCUT2D eigenvalue weighted by Gasteiger charge is -2.44. The summed E-state index contributed by atoms with van der Waals surface area (Å²) < 4.78 is 1.58. The third-order valence-electron chi connectivity index (χ3n) is 5.84. The summed E-state index contributed by atoms with van der Waals surface area (Å²) in [5.74, 6) is 1.68. The van der Waals surface area contributed by atoms with Crippen molar-refractivity contribution in [1.82, 2.24) is 24.5 Å². The summed E-state index contributed by atoms with van der Waals surface area (Å²) in [6.45, 7) is 0.835. The van der Waals surface area contributed by atoms with Gasteiger partial charge in [-0.1, -0.05) is 12.8 Å². The van der Waals surface area contributed by atoms with Gasteiger partial charge in [0.15, 0.2) is 10.7 Å². The number of nitrogen functional groups attached to an aromatic ring is 1. The second-order valence-electron chi connectivity index (χ2n) is 7.46. The summed E-state index contributed by atoms with van der Waals surface area (Å²) in [5.41, 5.74) is 7.38. The maximum atomic E-state index is 13.3. The minimum Gasteiger partial charge on any atom is -0.384 e. The number of nitrogens with two attached hydrogens (primary N) is 1. The van der Waals surface area contributed by atoms with Gasteiger partial charge < -0.3 is 10.6 Å². The van der Waals surface area contributed by atoms with Crippen LogP contribution in [0.1, 0.15) is 48.9 Å². The largest absolute Gasteiger partial charge is 0.384 e. The van der Waals surface area contributed by atoms with E-state index in [1.807, 2.05) is 5.38 Å². The number of rotatable bonds is 2. The van der Waals surface area contributed by atoms with Crippen LogP contribution in [0.25, 0.3) is 16.5 Å². The van der Waals surface area contributed by atoms with Crippen LogP contribution in [0, 0.1) is 5.92 Å². The average Bonchev–Trinajstić information content (AvgIpc) is 3.36. The van der Waals surface area contributed by atoms with Gasteiger partial charge in [-0.15, -0.1) is 16.4 Å². The first-order valence-corrected chi connectivity index (χ1v) is 10.5. The Hall–Kier alpha value is -2.48. The first-order valence-electron chi connectivity index (χ1n) is 9.58. The number of likely N-dealkylation sites (tertiary alicyclic amines) is 1. The Labute approximate surface area is 161 Å². The highest BCUT2D eigenvalue weighted by Gasteiger charge is 2.36. The summed E-state index contributed by atoms with van der Waals surface area (Å²) in [6, 6.07) is 3.90. The SMILES string of the molecule is Nc1cc(C(=O)N2CCCC3CCCCC32)cc2nc(-c3nccs3)nn12. The molecule has 8 heteroatoms. The van der Waals surface area contributed by atoms with Crippen LogP contribution in [-0.2, 0) is 0 Å². The third kappa shape index (κ3) is 2.88. The molecule has 2 atom stereocenters. The van der Waals surface area contributed by atoms with Crippen molar-refractivity contribution in [3.63, 3.8) is 0 Å². The number of carbonyl (C=O) groups is 1. The van der Waals surface area contributed by atoms with Crippen LogP contribution in [0.15, 0.2) is 23.7 Å². The molecule has 3 aromatic rings.